The van der Waals surface area contributed by atoms with Gasteiger partial charge in [-0.25, -0.2) is 0 Å². The summed E-state index contributed by atoms with van der Waals surface area (Å²) in [5.41, 5.74) is 8.77. The number of fused-ring (bicyclic) bond motifs is 1. The maximum atomic E-state index is 11.1. The average molecular weight is 235 g/mol. The van der Waals surface area contributed by atoms with E-state index >= 15 is 0 Å². The van der Waals surface area contributed by atoms with Gasteiger partial charge in [0.25, 0.3) is 0 Å². The Morgan fingerprint density at radius 2 is 2.41 bits per heavy atom. The molecular weight excluding hydrogens is 214 g/mol. The first kappa shape index (κ1) is 12.2. The van der Waals surface area contributed by atoms with Gasteiger partial charge in [0.1, 0.15) is 0 Å². The average Bonchev–Trinajstić information content (AvgIpc) is 2.73. The largest absolute Gasteiger partial charge is 0.359 e. The Bertz CT molecular complexity index is 397. The van der Waals surface area contributed by atoms with Crippen molar-refractivity contribution < 1.29 is 4.79 Å². The number of carbonyl (C=O) groups is 1. The van der Waals surface area contributed by atoms with Crippen molar-refractivity contribution in [2.24, 2.45) is 5.73 Å². The molecule has 4 nitrogen and oxygen atoms in total. The van der Waals surface area contributed by atoms with Gasteiger partial charge in [-0.15, -0.1) is 0 Å². The van der Waals surface area contributed by atoms with E-state index in [0.29, 0.717) is 6.42 Å². The highest BCUT2D eigenvalue weighted by atomic mass is 16.1. The van der Waals surface area contributed by atoms with Crippen LogP contribution < -0.4 is 11.1 Å². The van der Waals surface area contributed by atoms with Crippen molar-refractivity contribution in [2.75, 3.05) is 7.05 Å². The van der Waals surface area contributed by atoms with Crippen molar-refractivity contribution in [2.45, 2.75) is 44.7 Å². The van der Waals surface area contributed by atoms with E-state index in [1.807, 2.05) is 0 Å². The monoisotopic (exact) mass is 235 g/mol. The summed E-state index contributed by atoms with van der Waals surface area (Å²) in [6.45, 7) is 0.896. The molecule has 1 aliphatic rings. The van der Waals surface area contributed by atoms with Crippen molar-refractivity contribution in [1.82, 2.24) is 9.88 Å². The smallest absolute Gasteiger partial charge is 0.219 e. The summed E-state index contributed by atoms with van der Waals surface area (Å²) in [7, 11) is 1.68. The maximum absolute atomic E-state index is 11.1. The third-order valence-electron chi connectivity index (χ3n) is 3.46. The molecule has 0 radical (unpaired) electrons. The van der Waals surface area contributed by atoms with Gasteiger partial charge < -0.3 is 15.6 Å². The second-order valence-electron chi connectivity index (χ2n) is 4.75. The molecule has 1 amide bonds. The van der Waals surface area contributed by atoms with Crippen LogP contribution >= 0.6 is 0 Å². The second-order valence-corrected chi connectivity index (χ2v) is 4.75. The van der Waals surface area contributed by atoms with Gasteiger partial charge in [0.05, 0.1) is 0 Å². The number of nitrogens with zero attached hydrogens (tertiary/aromatic N) is 1. The summed E-state index contributed by atoms with van der Waals surface area (Å²) < 4.78 is 2.18. The van der Waals surface area contributed by atoms with E-state index < -0.39 is 0 Å². The third-order valence-corrected chi connectivity index (χ3v) is 3.46. The van der Waals surface area contributed by atoms with Gasteiger partial charge in [0, 0.05) is 38.4 Å². The first-order valence-corrected chi connectivity index (χ1v) is 6.35. The molecule has 1 unspecified atom stereocenters. The minimum atomic E-state index is 0.110. The van der Waals surface area contributed by atoms with Crippen LogP contribution in [0.1, 0.15) is 42.9 Å². The fraction of sp³-hybridized carbons (Fsp3) is 0.615. The van der Waals surface area contributed by atoms with Gasteiger partial charge in [0.15, 0.2) is 0 Å². The molecule has 1 aromatic rings. The van der Waals surface area contributed by atoms with Gasteiger partial charge >= 0.3 is 0 Å². The number of hydrogen-bond acceptors (Lipinski definition) is 2. The zero-order chi connectivity index (χ0) is 12.3. The molecule has 2 rings (SSSR count). The van der Waals surface area contributed by atoms with Crippen molar-refractivity contribution >= 4 is 5.91 Å². The summed E-state index contributed by atoms with van der Waals surface area (Å²) in [5.74, 6) is 0.110. The van der Waals surface area contributed by atoms with Crippen molar-refractivity contribution in [3.63, 3.8) is 0 Å². The molecule has 1 heterocycles. The number of aromatic nitrogens is 1. The Balaban J connectivity index is 1.92. The van der Waals surface area contributed by atoms with E-state index in [0.717, 1.165) is 25.8 Å². The van der Waals surface area contributed by atoms with E-state index in [2.05, 4.69) is 22.3 Å². The van der Waals surface area contributed by atoms with E-state index in [-0.39, 0.29) is 11.9 Å². The zero-order valence-corrected chi connectivity index (χ0v) is 10.4. The predicted molar refractivity (Wildman–Crippen MR) is 67.6 cm³/mol. The third kappa shape index (κ3) is 2.88. The summed E-state index contributed by atoms with van der Waals surface area (Å²) >= 11 is 0. The molecule has 0 bridgehead atoms. The quantitative estimate of drug-likeness (QED) is 0.827. The summed E-state index contributed by atoms with van der Waals surface area (Å²) in [4.78, 5) is 11.1. The molecule has 0 aliphatic heterocycles. The molecule has 17 heavy (non-hydrogen) atoms. The van der Waals surface area contributed by atoms with Gasteiger partial charge in [-0.05, 0) is 36.8 Å². The van der Waals surface area contributed by atoms with Crippen molar-refractivity contribution in [3.05, 3.63) is 23.5 Å². The van der Waals surface area contributed by atoms with Gasteiger partial charge in [-0.3, -0.25) is 4.79 Å². The number of hydrogen-bond donors (Lipinski definition) is 2. The molecule has 1 aliphatic carbocycles. The molecule has 4 heteroatoms. The number of aryl methyl sites for hydroxylation is 2. The number of rotatable bonds is 4. The van der Waals surface area contributed by atoms with Crippen LogP contribution in [0.5, 0.6) is 0 Å². The van der Waals surface area contributed by atoms with Crippen molar-refractivity contribution in [3.8, 4) is 0 Å². The first-order valence-electron chi connectivity index (χ1n) is 6.35. The lowest BCUT2D eigenvalue weighted by molar-refractivity contribution is -0.120. The fourth-order valence-corrected chi connectivity index (χ4v) is 2.46. The summed E-state index contributed by atoms with van der Waals surface area (Å²) in [6.07, 6.45) is 9.24. The SMILES string of the molecule is CNC(=O)CCCn1cc2c(c1)C(N)CCC2. The summed E-state index contributed by atoms with van der Waals surface area (Å²) in [5, 5.41) is 2.64. The maximum Gasteiger partial charge on any atom is 0.219 e. The Kier molecular flexibility index (Phi) is 3.84. The lowest BCUT2D eigenvalue weighted by Gasteiger charge is -2.17. The van der Waals surface area contributed by atoms with Crippen LogP contribution in [0.25, 0.3) is 0 Å². The van der Waals surface area contributed by atoms with Gasteiger partial charge in [-0.2, -0.15) is 0 Å². The first-order chi connectivity index (χ1) is 8.20. The molecule has 1 aromatic heterocycles. The van der Waals surface area contributed by atoms with Crippen LogP contribution in [0.4, 0.5) is 0 Å². The standard InChI is InChI=1S/C13H21N3O/c1-15-13(17)6-3-7-16-8-10-4-2-5-12(14)11(10)9-16/h8-9,12H,2-7,14H2,1H3,(H,15,17). The zero-order valence-electron chi connectivity index (χ0n) is 10.4. The number of carbonyl (C=O) groups excluding carboxylic acids is 1. The van der Waals surface area contributed by atoms with Crippen LogP contribution in [0, 0.1) is 0 Å². The summed E-state index contributed by atoms with van der Waals surface area (Å²) in [6, 6.07) is 0.207. The molecule has 0 saturated carbocycles. The fourth-order valence-electron chi connectivity index (χ4n) is 2.46. The minimum Gasteiger partial charge on any atom is -0.359 e. The van der Waals surface area contributed by atoms with Crippen molar-refractivity contribution in [1.29, 1.82) is 0 Å². The van der Waals surface area contributed by atoms with Gasteiger partial charge in [-0.1, -0.05) is 0 Å². The molecule has 3 N–H and O–H groups in total. The van der Waals surface area contributed by atoms with Crippen LogP contribution in [0.15, 0.2) is 12.4 Å². The van der Waals surface area contributed by atoms with E-state index in [1.54, 1.807) is 7.05 Å². The highest BCUT2D eigenvalue weighted by molar-refractivity contribution is 5.75. The number of amides is 1. The van der Waals surface area contributed by atoms with Gasteiger partial charge in [0.2, 0.25) is 5.91 Å². The molecule has 0 spiro atoms. The molecular formula is C13H21N3O. The lowest BCUT2D eigenvalue weighted by Crippen LogP contribution is -2.17. The molecule has 0 aromatic carbocycles. The molecule has 1 atom stereocenters. The van der Waals surface area contributed by atoms with E-state index in [1.165, 1.54) is 17.5 Å². The highest BCUT2D eigenvalue weighted by Crippen LogP contribution is 2.28. The molecule has 94 valence electrons. The number of nitrogens with one attached hydrogen (secondary N) is 1. The lowest BCUT2D eigenvalue weighted by atomic mass is 9.92. The Labute approximate surface area is 102 Å². The second kappa shape index (κ2) is 5.36. The van der Waals surface area contributed by atoms with Crippen LogP contribution in [0.3, 0.4) is 0 Å². The Morgan fingerprint density at radius 1 is 1.59 bits per heavy atom. The Hall–Kier alpha value is -1.29. The van der Waals surface area contributed by atoms with E-state index in [4.69, 9.17) is 5.73 Å². The minimum absolute atomic E-state index is 0.110. The molecule has 0 saturated heterocycles. The van der Waals surface area contributed by atoms with Crippen LogP contribution in [-0.2, 0) is 17.8 Å². The predicted octanol–water partition coefficient (Wildman–Crippen LogP) is 1.35. The Morgan fingerprint density at radius 3 is 3.12 bits per heavy atom. The molecule has 0 fully saturated rings. The van der Waals surface area contributed by atoms with Crippen LogP contribution in [0.2, 0.25) is 0 Å². The van der Waals surface area contributed by atoms with E-state index in [9.17, 15) is 4.79 Å². The van der Waals surface area contributed by atoms with Crippen LogP contribution in [-0.4, -0.2) is 17.5 Å². The highest BCUT2D eigenvalue weighted by Gasteiger charge is 2.18. The number of nitrogens with two attached hydrogens (primary N) is 1. The normalized spacial score (nSPS) is 18.8. The topological polar surface area (TPSA) is 60.0 Å².